The minimum Gasteiger partial charge on any atom is -0.497 e. The standard InChI is InChI=1S/C27H30N6O3/c1-4-32-23-16-28-27(29-19-7-12-22(17(2)15-19)30-26(35)18-5-6-18)31-25(23)33(14-13-24(32)34)20-8-10-21(36-3)11-9-20/h7-12,15-16,18H,4-6,13-14H2,1-3H3,(H,30,35)(H,28,29,31). The highest BCUT2D eigenvalue weighted by atomic mass is 16.5. The Morgan fingerprint density at radius 1 is 1.17 bits per heavy atom. The molecule has 1 aliphatic heterocycles. The van der Waals surface area contributed by atoms with Crippen LogP contribution in [0.15, 0.2) is 48.7 Å². The van der Waals surface area contributed by atoms with Gasteiger partial charge in [0.25, 0.3) is 0 Å². The van der Waals surface area contributed by atoms with Gasteiger partial charge in [-0.3, -0.25) is 9.59 Å². The number of benzene rings is 2. The summed E-state index contributed by atoms with van der Waals surface area (Å²) in [6.07, 6.45) is 4.00. The number of ether oxygens (including phenoxy) is 1. The highest BCUT2D eigenvalue weighted by Crippen LogP contribution is 2.37. The van der Waals surface area contributed by atoms with Crippen LogP contribution in [0.5, 0.6) is 5.75 Å². The molecule has 2 aliphatic rings. The summed E-state index contributed by atoms with van der Waals surface area (Å²) in [6.45, 7) is 4.94. The molecule has 0 spiro atoms. The first kappa shape index (κ1) is 23.6. The summed E-state index contributed by atoms with van der Waals surface area (Å²) in [5.41, 5.74) is 4.16. The van der Waals surface area contributed by atoms with Crippen molar-refractivity contribution < 1.29 is 14.3 Å². The molecular weight excluding hydrogens is 456 g/mol. The first-order chi connectivity index (χ1) is 17.5. The van der Waals surface area contributed by atoms with E-state index in [2.05, 4.69) is 15.6 Å². The summed E-state index contributed by atoms with van der Waals surface area (Å²) in [5, 5.41) is 6.29. The first-order valence-corrected chi connectivity index (χ1v) is 12.2. The van der Waals surface area contributed by atoms with Crippen molar-refractivity contribution in [2.75, 3.05) is 40.6 Å². The Morgan fingerprint density at radius 3 is 2.61 bits per heavy atom. The Morgan fingerprint density at radius 2 is 1.94 bits per heavy atom. The van der Waals surface area contributed by atoms with Gasteiger partial charge in [-0.25, -0.2) is 4.98 Å². The fraction of sp³-hybridized carbons (Fsp3) is 0.333. The first-order valence-electron chi connectivity index (χ1n) is 12.2. The second kappa shape index (κ2) is 9.85. The van der Waals surface area contributed by atoms with Crippen molar-refractivity contribution in [2.24, 2.45) is 5.92 Å². The molecule has 36 heavy (non-hydrogen) atoms. The zero-order chi connectivity index (χ0) is 25.2. The molecule has 1 fully saturated rings. The van der Waals surface area contributed by atoms with E-state index in [-0.39, 0.29) is 17.7 Å². The number of nitrogens with zero attached hydrogens (tertiary/aromatic N) is 4. The molecule has 0 bridgehead atoms. The van der Waals surface area contributed by atoms with Gasteiger partial charge in [0.15, 0.2) is 5.82 Å². The van der Waals surface area contributed by atoms with E-state index in [0.717, 1.165) is 41.2 Å². The average molecular weight is 487 g/mol. The molecule has 9 nitrogen and oxygen atoms in total. The van der Waals surface area contributed by atoms with Gasteiger partial charge in [-0.2, -0.15) is 4.98 Å². The Balaban J connectivity index is 1.45. The topological polar surface area (TPSA) is 99.7 Å². The fourth-order valence-electron chi connectivity index (χ4n) is 4.35. The summed E-state index contributed by atoms with van der Waals surface area (Å²) in [4.78, 5) is 38.1. The number of methoxy groups -OCH3 is 1. The van der Waals surface area contributed by atoms with Gasteiger partial charge >= 0.3 is 0 Å². The molecule has 2 amide bonds. The van der Waals surface area contributed by atoms with Gasteiger partial charge in [0.1, 0.15) is 11.4 Å². The van der Waals surface area contributed by atoms with Crippen molar-refractivity contribution in [3.05, 3.63) is 54.2 Å². The number of rotatable bonds is 7. The van der Waals surface area contributed by atoms with E-state index in [1.54, 1.807) is 18.2 Å². The third kappa shape index (κ3) is 4.82. The number of hydrogen-bond acceptors (Lipinski definition) is 7. The number of carbonyl (C=O) groups excluding carboxylic acids is 2. The van der Waals surface area contributed by atoms with E-state index in [4.69, 9.17) is 9.72 Å². The zero-order valence-electron chi connectivity index (χ0n) is 20.7. The SMILES string of the molecule is CCN1C(=O)CCN(c2ccc(OC)cc2)c2nc(Nc3ccc(NC(=O)C4CC4)c(C)c3)ncc21. The van der Waals surface area contributed by atoms with Crippen molar-refractivity contribution in [3.63, 3.8) is 0 Å². The largest absolute Gasteiger partial charge is 0.497 e. The lowest BCUT2D eigenvalue weighted by Gasteiger charge is -2.25. The van der Waals surface area contributed by atoms with Crippen molar-refractivity contribution >= 4 is 46.3 Å². The maximum absolute atomic E-state index is 12.8. The molecule has 3 aromatic rings. The highest BCUT2D eigenvalue weighted by Gasteiger charge is 2.30. The van der Waals surface area contributed by atoms with E-state index < -0.39 is 0 Å². The number of amides is 2. The van der Waals surface area contributed by atoms with Crippen LogP contribution in [0, 0.1) is 12.8 Å². The van der Waals surface area contributed by atoms with Gasteiger partial charge < -0.3 is 25.2 Å². The molecular formula is C27H30N6O3. The Bertz CT molecular complexity index is 1290. The van der Waals surface area contributed by atoms with Crippen LogP contribution in [0.4, 0.5) is 34.5 Å². The normalized spacial score (nSPS) is 15.2. The van der Waals surface area contributed by atoms with Crippen LogP contribution in [0.3, 0.4) is 0 Å². The number of aryl methyl sites for hydroxylation is 1. The summed E-state index contributed by atoms with van der Waals surface area (Å²) >= 11 is 0. The van der Waals surface area contributed by atoms with Gasteiger partial charge in [-0.1, -0.05) is 0 Å². The maximum atomic E-state index is 12.8. The van der Waals surface area contributed by atoms with Crippen LogP contribution >= 0.6 is 0 Å². The molecule has 0 unspecified atom stereocenters. The van der Waals surface area contributed by atoms with Gasteiger partial charge in [-0.15, -0.1) is 0 Å². The van der Waals surface area contributed by atoms with Crippen LogP contribution < -0.4 is 25.2 Å². The number of nitrogens with one attached hydrogen (secondary N) is 2. The third-order valence-corrected chi connectivity index (χ3v) is 6.54. The second-order valence-corrected chi connectivity index (χ2v) is 9.06. The van der Waals surface area contributed by atoms with E-state index in [0.29, 0.717) is 37.0 Å². The van der Waals surface area contributed by atoms with Gasteiger partial charge in [0.05, 0.1) is 13.3 Å². The number of fused-ring (bicyclic) bond motifs is 1. The van der Waals surface area contributed by atoms with Crippen LogP contribution in [-0.2, 0) is 9.59 Å². The van der Waals surface area contributed by atoms with Gasteiger partial charge in [0, 0.05) is 42.5 Å². The van der Waals surface area contributed by atoms with E-state index >= 15 is 0 Å². The van der Waals surface area contributed by atoms with Crippen LogP contribution in [0.25, 0.3) is 0 Å². The summed E-state index contributed by atoms with van der Waals surface area (Å²) in [5.74, 6) is 2.12. The lowest BCUT2D eigenvalue weighted by Crippen LogP contribution is -2.30. The van der Waals surface area contributed by atoms with Crippen LogP contribution in [-0.4, -0.2) is 42.0 Å². The summed E-state index contributed by atoms with van der Waals surface area (Å²) in [7, 11) is 1.63. The highest BCUT2D eigenvalue weighted by molar-refractivity contribution is 5.99. The molecule has 1 aromatic heterocycles. The Hall–Kier alpha value is -4.14. The van der Waals surface area contributed by atoms with E-state index in [1.807, 2.05) is 61.2 Å². The lowest BCUT2D eigenvalue weighted by molar-refractivity contribution is -0.118. The van der Waals surface area contributed by atoms with Crippen molar-refractivity contribution in [1.29, 1.82) is 0 Å². The molecule has 2 aromatic carbocycles. The molecule has 0 atom stereocenters. The van der Waals surface area contributed by atoms with Gasteiger partial charge in [0.2, 0.25) is 17.8 Å². The monoisotopic (exact) mass is 486 g/mol. The second-order valence-electron chi connectivity index (χ2n) is 9.06. The Kier molecular flexibility index (Phi) is 6.45. The predicted octanol–water partition coefficient (Wildman–Crippen LogP) is 4.78. The molecule has 9 heteroatoms. The molecule has 2 N–H and O–H groups in total. The molecule has 186 valence electrons. The number of anilines is 6. The summed E-state index contributed by atoms with van der Waals surface area (Å²) < 4.78 is 5.30. The zero-order valence-corrected chi connectivity index (χ0v) is 20.7. The van der Waals surface area contributed by atoms with Crippen molar-refractivity contribution in [1.82, 2.24) is 9.97 Å². The number of hydrogen-bond donors (Lipinski definition) is 2. The maximum Gasteiger partial charge on any atom is 0.229 e. The number of carbonyl (C=O) groups is 2. The third-order valence-electron chi connectivity index (χ3n) is 6.54. The average Bonchev–Trinajstić information content (AvgIpc) is 3.74. The smallest absolute Gasteiger partial charge is 0.229 e. The van der Waals surface area contributed by atoms with E-state index in [1.165, 1.54) is 0 Å². The lowest BCUT2D eigenvalue weighted by atomic mass is 10.1. The minimum atomic E-state index is 0.0403. The quantitative estimate of drug-likeness (QED) is 0.496. The Labute approximate surface area is 210 Å². The molecule has 0 saturated heterocycles. The van der Waals surface area contributed by atoms with Gasteiger partial charge in [-0.05, 0) is 74.7 Å². The predicted molar refractivity (Wildman–Crippen MR) is 140 cm³/mol. The molecule has 2 heterocycles. The molecule has 5 rings (SSSR count). The fourth-order valence-corrected chi connectivity index (χ4v) is 4.35. The molecule has 1 saturated carbocycles. The van der Waals surface area contributed by atoms with E-state index in [9.17, 15) is 9.59 Å². The number of aromatic nitrogens is 2. The molecule has 1 aliphatic carbocycles. The molecule has 0 radical (unpaired) electrons. The summed E-state index contributed by atoms with van der Waals surface area (Å²) in [6, 6.07) is 13.5. The minimum absolute atomic E-state index is 0.0403. The van der Waals surface area contributed by atoms with Crippen LogP contribution in [0.2, 0.25) is 0 Å². The van der Waals surface area contributed by atoms with Crippen molar-refractivity contribution in [2.45, 2.75) is 33.1 Å². The van der Waals surface area contributed by atoms with Crippen LogP contribution in [0.1, 0.15) is 31.7 Å². The van der Waals surface area contributed by atoms with Crippen molar-refractivity contribution in [3.8, 4) is 5.75 Å².